The molecule has 2 unspecified atom stereocenters. The van der Waals surface area contributed by atoms with Crippen LogP contribution in [0, 0.1) is 11.8 Å². The number of carbonyl (C=O) groups is 1. The first-order valence-corrected chi connectivity index (χ1v) is 14.9. The van der Waals surface area contributed by atoms with Gasteiger partial charge in [0, 0.05) is 23.7 Å². The average Bonchev–Trinajstić information content (AvgIpc) is 3.57. The monoisotopic (exact) mass is 580 g/mol. The van der Waals surface area contributed by atoms with Crippen molar-refractivity contribution in [1.29, 1.82) is 0 Å². The number of furan rings is 1. The van der Waals surface area contributed by atoms with Crippen molar-refractivity contribution in [3.63, 3.8) is 0 Å². The fraction of sp³-hybridized carbons (Fsp3) is 0.360. The molecule has 1 aromatic carbocycles. The molecule has 12 heteroatoms. The van der Waals surface area contributed by atoms with E-state index in [1.807, 2.05) is 5.01 Å². The summed E-state index contributed by atoms with van der Waals surface area (Å²) in [4.78, 5) is 13.5. The number of hydrazine groups is 1. The summed E-state index contributed by atoms with van der Waals surface area (Å²) in [7, 11) is -3.58. The van der Waals surface area contributed by atoms with Gasteiger partial charge in [-0.15, -0.1) is 0 Å². The molecule has 3 aromatic rings. The lowest BCUT2D eigenvalue weighted by Gasteiger charge is -2.20. The molecule has 1 amide bonds. The second-order valence-electron chi connectivity index (χ2n) is 9.82. The van der Waals surface area contributed by atoms with Crippen molar-refractivity contribution in [2.45, 2.75) is 25.0 Å². The third-order valence-corrected chi connectivity index (χ3v) is 9.50. The Morgan fingerprint density at radius 2 is 1.84 bits per heavy atom. The fourth-order valence-electron chi connectivity index (χ4n) is 5.71. The highest BCUT2D eigenvalue weighted by molar-refractivity contribution is 7.91. The van der Waals surface area contributed by atoms with Crippen LogP contribution in [0.25, 0.3) is 17.3 Å². The zero-order chi connectivity index (χ0) is 25.9. The van der Waals surface area contributed by atoms with E-state index in [0.29, 0.717) is 50.2 Å². The van der Waals surface area contributed by atoms with E-state index in [1.165, 1.54) is 23.9 Å². The third kappa shape index (κ3) is 4.83. The molecule has 1 saturated heterocycles. The molecule has 2 fully saturated rings. The maximum Gasteiger partial charge on any atom is 0.286 e. The van der Waals surface area contributed by atoms with Gasteiger partial charge < -0.3 is 4.42 Å². The van der Waals surface area contributed by atoms with E-state index in [9.17, 15) is 13.2 Å². The van der Waals surface area contributed by atoms with Crippen LogP contribution in [-0.2, 0) is 15.6 Å². The molecule has 3 aliphatic rings. The standard InChI is InChI=1S/C25H23Cl3N4O4S/c26-17-4-6-21(20(27)9-17)32-24-16(8-18-5-7-22(28)36-18)12-37(34,35)13-19(24)23(29-32)25(33)30-31-10-14-2-1-3-15(14)11-31/h4-9,14-15H,1-3,10-13H2,(H,30,33)/b16-8+. The normalized spacial score (nSPS) is 23.8. The third-order valence-electron chi connectivity index (χ3n) is 7.28. The van der Waals surface area contributed by atoms with Crippen LogP contribution in [0.5, 0.6) is 0 Å². The number of aromatic nitrogens is 2. The number of sulfone groups is 1. The second-order valence-corrected chi connectivity index (χ2v) is 13.1. The maximum absolute atomic E-state index is 13.5. The van der Waals surface area contributed by atoms with Gasteiger partial charge in [0.15, 0.2) is 20.8 Å². The van der Waals surface area contributed by atoms with Gasteiger partial charge in [0.25, 0.3) is 5.91 Å². The molecule has 37 heavy (non-hydrogen) atoms. The van der Waals surface area contributed by atoms with Gasteiger partial charge in [0.05, 0.1) is 27.9 Å². The van der Waals surface area contributed by atoms with Crippen LogP contribution >= 0.6 is 34.8 Å². The predicted octanol–water partition coefficient (Wildman–Crippen LogP) is 5.27. The minimum atomic E-state index is -3.58. The molecule has 2 aliphatic heterocycles. The highest BCUT2D eigenvalue weighted by Gasteiger charge is 2.39. The number of rotatable bonds is 4. The number of hydrogen-bond acceptors (Lipinski definition) is 6. The largest absolute Gasteiger partial charge is 0.445 e. The number of amides is 1. The number of nitrogens with one attached hydrogen (secondary N) is 1. The van der Waals surface area contributed by atoms with Gasteiger partial charge in [0.1, 0.15) is 5.76 Å². The summed E-state index contributed by atoms with van der Waals surface area (Å²) in [6.45, 7) is 1.57. The summed E-state index contributed by atoms with van der Waals surface area (Å²) in [5.74, 6) is 0.512. The molecular weight excluding hydrogens is 559 g/mol. The topological polar surface area (TPSA) is 97.4 Å². The van der Waals surface area contributed by atoms with Crippen LogP contribution in [0.3, 0.4) is 0 Å². The molecule has 1 N–H and O–H groups in total. The van der Waals surface area contributed by atoms with Crippen LogP contribution in [0.15, 0.2) is 34.7 Å². The molecule has 0 spiro atoms. The first kappa shape index (κ1) is 25.0. The van der Waals surface area contributed by atoms with Crippen LogP contribution < -0.4 is 5.43 Å². The van der Waals surface area contributed by atoms with E-state index < -0.39 is 15.7 Å². The van der Waals surface area contributed by atoms with E-state index in [1.54, 1.807) is 36.4 Å². The molecule has 0 bridgehead atoms. The van der Waals surface area contributed by atoms with Crippen molar-refractivity contribution < 1.29 is 17.6 Å². The zero-order valence-electron chi connectivity index (χ0n) is 19.6. The summed E-state index contributed by atoms with van der Waals surface area (Å²) in [6, 6.07) is 8.14. The molecule has 8 nitrogen and oxygen atoms in total. The van der Waals surface area contributed by atoms with Crippen LogP contribution in [0.2, 0.25) is 15.3 Å². The van der Waals surface area contributed by atoms with Gasteiger partial charge in [-0.05, 0) is 78.3 Å². The minimum Gasteiger partial charge on any atom is -0.445 e. The fourth-order valence-corrected chi connectivity index (χ4v) is 7.86. The lowest BCUT2D eigenvalue weighted by molar-refractivity contribution is 0.0808. The quantitative estimate of drug-likeness (QED) is 0.451. The highest BCUT2D eigenvalue weighted by Crippen LogP contribution is 2.39. The number of hydrogen-bond donors (Lipinski definition) is 1. The maximum atomic E-state index is 13.5. The molecule has 4 heterocycles. The van der Waals surface area contributed by atoms with E-state index in [-0.39, 0.29) is 22.4 Å². The summed E-state index contributed by atoms with van der Waals surface area (Å²) in [6.07, 6.45) is 5.16. The number of halogens is 3. The smallest absolute Gasteiger partial charge is 0.286 e. The van der Waals surface area contributed by atoms with Crippen molar-refractivity contribution >= 4 is 62.2 Å². The first-order valence-electron chi connectivity index (χ1n) is 12.0. The second kappa shape index (κ2) is 9.47. The van der Waals surface area contributed by atoms with Crippen LogP contribution in [0.4, 0.5) is 0 Å². The molecule has 1 aliphatic carbocycles. The predicted molar refractivity (Wildman–Crippen MR) is 143 cm³/mol. The first-order chi connectivity index (χ1) is 17.7. The van der Waals surface area contributed by atoms with E-state index in [0.717, 1.165) is 13.1 Å². The Morgan fingerprint density at radius 3 is 2.51 bits per heavy atom. The van der Waals surface area contributed by atoms with Gasteiger partial charge in [0.2, 0.25) is 0 Å². The Bertz CT molecular complexity index is 1530. The number of nitrogens with zero attached hydrogens (tertiary/aromatic N) is 3. The van der Waals surface area contributed by atoms with Gasteiger partial charge in [-0.1, -0.05) is 29.6 Å². The van der Waals surface area contributed by atoms with E-state index in [4.69, 9.17) is 39.2 Å². The van der Waals surface area contributed by atoms with Gasteiger partial charge in [-0.2, -0.15) is 5.10 Å². The van der Waals surface area contributed by atoms with Gasteiger partial charge in [-0.3, -0.25) is 10.2 Å². The molecule has 1 saturated carbocycles. The van der Waals surface area contributed by atoms with Crippen molar-refractivity contribution in [1.82, 2.24) is 20.2 Å². The summed E-state index contributed by atoms with van der Waals surface area (Å²) < 4.78 is 33.0. The Labute approximate surface area is 229 Å². The molecule has 2 aromatic heterocycles. The zero-order valence-corrected chi connectivity index (χ0v) is 22.7. The summed E-state index contributed by atoms with van der Waals surface area (Å²) in [5, 5.41) is 7.47. The van der Waals surface area contributed by atoms with Crippen molar-refractivity contribution in [2.24, 2.45) is 11.8 Å². The Hall–Kier alpha value is -2.30. The number of carbonyl (C=O) groups excluding carboxylic acids is 1. The summed E-state index contributed by atoms with van der Waals surface area (Å²) >= 11 is 18.6. The van der Waals surface area contributed by atoms with Crippen LogP contribution in [0.1, 0.15) is 46.8 Å². The molecule has 2 atom stereocenters. The Morgan fingerprint density at radius 1 is 1.08 bits per heavy atom. The van der Waals surface area contributed by atoms with Crippen molar-refractivity contribution in [3.05, 3.63) is 68.3 Å². The van der Waals surface area contributed by atoms with Crippen LogP contribution in [-0.4, -0.2) is 48.0 Å². The highest BCUT2D eigenvalue weighted by atomic mass is 35.5. The average molecular weight is 582 g/mol. The Kier molecular flexibility index (Phi) is 6.40. The van der Waals surface area contributed by atoms with E-state index >= 15 is 0 Å². The lowest BCUT2D eigenvalue weighted by Crippen LogP contribution is -2.41. The number of benzene rings is 1. The SMILES string of the molecule is O=C(NN1CC2CCCC2C1)c1nn(-c2ccc(Cl)cc2Cl)c2c1CS(=O)(=O)C/C2=C\c1ccc(Cl)o1. The lowest BCUT2D eigenvalue weighted by atomic mass is 10.0. The summed E-state index contributed by atoms with van der Waals surface area (Å²) in [5.41, 5.74) is 4.71. The van der Waals surface area contributed by atoms with E-state index in [2.05, 4.69) is 10.5 Å². The number of fused-ring (bicyclic) bond motifs is 2. The Balaban J connectivity index is 1.47. The van der Waals surface area contributed by atoms with Gasteiger partial charge >= 0.3 is 0 Å². The van der Waals surface area contributed by atoms with Crippen molar-refractivity contribution in [3.8, 4) is 5.69 Å². The molecule has 6 rings (SSSR count). The molecule has 194 valence electrons. The minimum absolute atomic E-state index is 0.0460. The van der Waals surface area contributed by atoms with Gasteiger partial charge in [-0.25, -0.2) is 18.1 Å². The molecule has 0 radical (unpaired) electrons. The van der Waals surface area contributed by atoms with Crippen molar-refractivity contribution in [2.75, 3.05) is 18.8 Å². The molecular formula is C25H23Cl3N4O4S.